The Morgan fingerprint density at radius 1 is 1.12 bits per heavy atom. The second-order valence-corrected chi connectivity index (χ2v) is 6.45. The van der Waals surface area contributed by atoms with E-state index in [1.807, 2.05) is 24.3 Å². The van der Waals surface area contributed by atoms with Crippen molar-refractivity contribution in [1.82, 2.24) is 4.90 Å². The number of nitrogens with zero attached hydrogens (tertiary/aromatic N) is 1. The fraction of sp³-hybridized carbons (Fsp3) is 0.350. The standard InChI is InChI=1S/C20H22FNO3/c21-18-6-4-15(5-7-18)14-25-19-3-1-2-16(12-19)13-22-10-8-17(9-11-22)20(23)24/h1-7,12,17H,8-11,13-14H2,(H,23,24). The maximum Gasteiger partial charge on any atom is 0.306 e. The van der Waals surface area contributed by atoms with Crippen molar-refractivity contribution in [3.05, 3.63) is 65.5 Å². The molecule has 1 aliphatic heterocycles. The van der Waals surface area contributed by atoms with E-state index >= 15 is 0 Å². The van der Waals surface area contributed by atoms with Gasteiger partial charge in [-0.1, -0.05) is 24.3 Å². The van der Waals surface area contributed by atoms with Gasteiger partial charge >= 0.3 is 5.97 Å². The Morgan fingerprint density at radius 2 is 1.84 bits per heavy atom. The minimum absolute atomic E-state index is 0.207. The fourth-order valence-electron chi connectivity index (χ4n) is 3.08. The van der Waals surface area contributed by atoms with Gasteiger partial charge in [-0.15, -0.1) is 0 Å². The van der Waals surface area contributed by atoms with E-state index in [2.05, 4.69) is 4.90 Å². The smallest absolute Gasteiger partial charge is 0.306 e. The summed E-state index contributed by atoms with van der Waals surface area (Å²) in [6.07, 6.45) is 1.41. The molecule has 0 atom stereocenters. The molecule has 0 unspecified atom stereocenters. The molecule has 0 aromatic heterocycles. The Morgan fingerprint density at radius 3 is 2.52 bits per heavy atom. The molecule has 2 aromatic carbocycles. The van der Waals surface area contributed by atoms with Crippen LogP contribution in [0.2, 0.25) is 0 Å². The van der Waals surface area contributed by atoms with Gasteiger partial charge in [-0.25, -0.2) is 4.39 Å². The van der Waals surface area contributed by atoms with Crippen LogP contribution >= 0.6 is 0 Å². The molecule has 1 heterocycles. The predicted molar refractivity (Wildman–Crippen MR) is 92.8 cm³/mol. The Kier molecular flexibility index (Phi) is 5.66. The van der Waals surface area contributed by atoms with E-state index in [1.54, 1.807) is 12.1 Å². The monoisotopic (exact) mass is 343 g/mol. The Balaban J connectivity index is 1.53. The van der Waals surface area contributed by atoms with Crippen LogP contribution in [0.3, 0.4) is 0 Å². The lowest BCUT2D eigenvalue weighted by Gasteiger charge is -2.30. The number of hydrogen-bond acceptors (Lipinski definition) is 3. The third kappa shape index (κ3) is 5.03. The maximum atomic E-state index is 12.9. The summed E-state index contributed by atoms with van der Waals surface area (Å²) in [6, 6.07) is 14.2. The Hall–Kier alpha value is -2.40. The number of hydrogen-bond donors (Lipinski definition) is 1. The number of ether oxygens (including phenoxy) is 1. The van der Waals surface area contributed by atoms with Crippen molar-refractivity contribution in [2.45, 2.75) is 26.0 Å². The number of rotatable bonds is 6. The summed E-state index contributed by atoms with van der Waals surface area (Å²) in [4.78, 5) is 13.3. The highest BCUT2D eigenvalue weighted by Gasteiger charge is 2.24. The molecule has 0 bridgehead atoms. The van der Waals surface area contributed by atoms with Gasteiger partial charge in [0.2, 0.25) is 0 Å². The first-order valence-electron chi connectivity index (χ1n) is 8.51. The normalized spacial score (nSPS) is 15.9. The highest BCUT2D eigenvalue weighted by atomic mass is 19.1. The third-order valence-corrected chi connectivity index (χ3v) is 4.56. The van der Waals surface area contributed by atoms with Crippen molar-refractivity contribution in [3.8, 4) is 5.75 Å². The van der Waals surface area contributed by atoms with Crippen LogP contribution in [0.15, 0.2) is 48.5 Å². The number of carboxylic acids is 1. The average molecular weight is 343 g/mol. The number of likely N-dealkylation sites (tertiary alicyclic amines) is 1. The van der Waals surface area contributed by atoms with Crippen LogP contribution in [0.4, 0.5) is 4.39 Å². The van der Waals surface area contributed by atoms with E-state index in [1.165, 1.54) is 12.1 Å². The average Bonchev–Trinajstić information content (AvgIpc) is 2.62. The molecule has 0 saturated carbocycles. The zero-order valence-electron chi connectivity index (χ0n) is 14.0. The van der Waals surface area contributed by atoms with Crippen molar-refractivity contribution in [2.75, 3.05) is 13.1 Å². The van der Waals surface area contributed by atoms with Crippen LogP contribution in [0.25, 0.3) is 0 Å². The highest BCUT2D eigenvalue weighted by molar-refractivity contribution is 5.70. The fourth-order valence-corrected chi connectivity index (χ4v) is 3.08. The van der Waals surface area contributed by atoms with Crippen molar-refractivity contribution >= 4 is 5.97 Å². The van der Waals surface area contributed by atoms with Gasteiger partial charge in [-0.2, -0.15) is 0 Å². The van der Waals surface area contributed by atoms with Crippen molar-refractivity contribution in [1.29, 1.82) is 0 Å². The van der Waals surface area contributed by atoms with Gasteiger partial charge in [0.1, 0.15) is 18.2 Å². The molecule has 3 rings (SSSR count). The van der Waals surface area contributed by atoms with Gasteiger partial charge in [0.25, 0.3) is 0 Å². The maximum absolute atomic E-state index is 12.9. The lowest BCUT2D eigenvalue weighted by molar-refractivity contribution is -0.143. The quantitative estimate of drug-likeness (QED) is 0.869. The van der Waals surface area contributed by atoms with Crippen LogP contribution < -0.4 is 4.74 Å². The molecule has 0 radical (unpaired) electrons. The first-order valence-corrected chi connectivity index (χ1v) is 8.51. The molecule has 0 aliphatic carbocycles. The minimum atomic E-state index is -0.684. The summed E-state index contributed by atoms with van der Waals surface area (Å²) < 4.78 is 18.7. The van der Waals surface area contributed by atoms with Gasteiger partial charge in [-0.05, 0) is 61.3 Å². The summed E-state index contributed by atoms with van der Waals surface area (Å²) in [6.45, 7) is 2.79. The summed E-state index contributed by atoms with van der Waals surface area (Å²) >= 11 is 0. The van der Waals surface area contributed by atoms with E-state index in [0.29, 0.717) is 19.4 Å². The summed E-state index contributed by atoms with van der Waals surface area (Å²) in [7, 11) is 0. The van der Waals surface area contributed by atoms with Gasteiger partial charge in [0.05, 0.1) is 5.92 Å². The Labute approximate surface area is 146 Å². The number of carbonyl (C=O) groups is 1. The van der Waals surface area contributed by atoms with Gasteiger partial charge in [-0.3, -0.25) is 9.69 Å². The van der Waals surface area contributed by atoms with Crippen molar-refractivity contribution in [3.63, 3.8) is 0 Å². The van der Waals surface area contributed by atoms with Gasteiger partial charge < -0.3 is 9.84 Å². The van der Waals surface area contributed by atoms with E-state index in [4.69, 9.17) is 9.84 Å². The Bertz CT molecular complexity index is 709. The largest absolute Gasteiger partial charge is 0.489 e. The molecule has 25 heavy (non-hydrogen) atoms. The lowest BCUT2D eigenvalue weighted by Crippen LogP contribution is -2.35. The van der Waals surface area contributed by atoms with E-state index in [-0.39, 0.29) is 11.7 Å². The first kappa shape index (κ1) is 17.4. The van der Waals surface area contributed by atoms with E-state index in [9.17, 15) is 9.18 Å². The second kappa shape index (κ2) is 8.12. The van der Waals surface area contributed by atoms with E-state index < -0.39 is 5.97 Å². The molecule has 2 aromatic rings. The molecule has 5 heteroatoms. The molecule has 1 saturated heterocycles. The molecule has 0 spiro atoms. The van der Waals surface area contributed by atoms with Gasteiger partial charge in [0, 0.05) is 6.54 Å². The highest BCUT2D eigenvalue weighted by Crippen LogP contribution is 2.21. The van der Waals surface area contributed by atoms with E-state index in [0.717, 1.165) is 36.5 Å². The van der Waals surface area contributed by atoms with Gasteiger partial charge in [0.15, 0.2) is 0 Å². The van der Waals surface area contributed by atoms with Crippen LogP contribution in [0.1, 0.15) is 24.0 Å². The minimum Gasteiger partial charge on any atom is -0.489 e. The zero-order chi connectivity index (χ0) is 17.6. The number of benzene rings is 2. The van der Waals surface area contributed by atoms with Crippen LogP contribution in [0, 0.1) is 11.7 Å². The molecular formula is C20H22FNO3. The molecule has 1 aliphatic rings. The third-order valence-electron chi connectivity index (χ3n) is 4.56. The summed E-state index contributed by atoms with van der Waals surface area (Å²) in [5.41, 5.74) is 2.06. The molecule has 4 nitrogen and oxygen atoms in total. The topological polar surface area (TPSA) is 49.8 Å². The molecule has 1 fully saturated rings. The van der Waals surface area contributed by atoms with Crippen LogP contribution in [-0.2, 0) is 17.9 Å². The number of piperidine rings is 1. The van der Waals surface area contributed by atoms with Crippen molar-refractivity contribution < 1.29 is 19.0 Å². The molecule has 1 N–H and O–H groups in total. The molecule has 0 amide bonds. The first-order chi connectivity index (χ1) is 12.1. The number of halogens is 1. The summed E-state index contributed by atoms with van der Waals surface area (Å²) in [5.74, 6) is -0.364. The number of aliphatic carboxylic acids is 1. The molecule has 132 valence electrons. The predicted octanol–water partition coefficient (Wildman–Crippen LogP) is 3.70. The van der Waals surface area contributed by atoms with Crippen LogP contribution in [-0.4, -0.2) is 29.1 Å². The SMILES string of the molecule is O=C(O)C1CCN(Cc2cccc(OCc3ccc(F)cc3)c2)CC1. The van der Waals surface area contributed by atoms with Crippen molar-refractivity contribution in [2.24, 2.45) is 5.92 Å². The lowest BCUT2D eigenvalue weighted by atomic mass is 9.97. The zero-order valence-corrected chi connectivity index (χ0v) is 14.0. The second-order valence-electron chi connectivity index (χ2n) is 6.45. The van der Waals surface area contributed by atoms with Crippen LogP contribution in [0.5, 0.6) is 5.75 Å². The summed E-state index contributed by atoms with van der Waals surface area (Å²) in [5, 5.41) is 9.06. The number of carboxylic acid groups (broad SMARTS) is 1. The molecular weight excluding hydrogens is 321 g/mol.